The summed E-state index contributed by atoms with van der Waals surface area (Å²) in [6.45, 7) is 0. The maximum Gasteiger partial charge on any atom is 0.0660 e. The van der Waals surface area contributed by atoms with Crippen LogP contribution in [0, 0.1) is 5.92 Å². The molecule has 0 bridgehead atoms. The predicted octanol–water partition coefficient (Wildman–Crippen LogP) is 2.93. The van der Waals surface area contributed by atoms with E-state index in [9.17, 15) is 0 Å². The lowest BCUT2D eigenvalue weighted by Crippen LogP contribution is -2.35. The molecule has 3 nitrogen and oxygen atoms in total. The van der Waals surface area contributed by atoms with Gasteiger partial charge in [0.05, 0.1) is 11.7 Å². The molecule has 0 aromatic carbocycles. The highest BCUT2D eigenvalue weighted by molar-refractivity contribution is 9.10. The number of halogens is 1. The monoisotopic (exact) mass is 283 g/mol. The van der Waals surface area contributed by atoms with Gasteiger partial charge in [0, 0.05) is 10.7 Å². The Kier molecular flexibility index (Phi) is 4.32. The smallest absolute Gasteiger partial charge is 0.0660 e. The third-order valence-corrected chi connectivity index (χ3v) is 3.84. The zero-order valence-corrected chi connectivity index (χ0v) is 10.9. The maximum absolute atomic E-state index is 5.67. The lowest BCUT2D eigenvalue weighted by molar-refractivity contribution is 0.269. The van der Waals surface area contributed by atoms with Gasteiger partial charge in [0.25, 0.3) is 0 Å². The second-order valence-electron chi connectivity index (χ2n) is 4.44. The molecule has 1 aromatic rings. The van der Waals surface area contributed by atoms with Gasteiger partial charge in [-0.3, -0.25) is 16.3 Å². The number of nitrogens with two attached hydrogens (primary N) is 1. The molecule has 1 saturated carbocycles. The molecule has 3 N–H and O–H groups in total. The number of aromatic nitrogens is 1. The van der Waals surface area contributed by atoms with Crippen LogP contribution in [0.3, 0.4) is 0 Å². The summed E-state index contributed by atoms with van der Waals surface area (Å²) in [5.74, 6) is 6.30. The molecule has 4 heteroatoms. The average Bonchev–Trinajstić information content (AvgIpc) is 2.34. The molecule has 1 aromatic heterocycles. The van der Waals surface area contributed by atoms with Crippen LogP contribution in [-0.4, -0.2) is 4.98 Å². The van der Waals surface area contributed by atoms with Gasteiger partial charge in [-0.15, -0.1) is 0 Å². The zero-order chi connectivity index (χ0) is 11.4. The van der Waals surface area contributed by atoms with Crippen LogP contribution in [-0.2, 0) is 0 Å². The largest absolute Gasteiger partial charge is 0.271 e. The van der Waals surface area contributed by atoms with Gasteiger partial charge in [0.15, 0.2) is 0 Å². The van der Waals surface area contributed by atoms with Crippen molar-refractivity contribution in [1.82, 2.24) is 10.4 Å². The Hall–Kier alpha value is -0.450. The zero-order valence-electron chi connectivity index (χ0n) is 9.32. The van der Waals surface area contributed by atoms with Crippen LogP contribution in [0.2, 0.25) is 0 Å². The van der Waals surface area contributed by atoms with Gasteiger partial charge in [-0.05, 0) is 46.8 Å². The Balaban J connectivity index is 2.11. The minimum Gasteiger partial charge on any atom is -0.271 e. The van der Waals surface area contributed by atoms with Crippen molar-refractivity contribution in [2.75, 3.05) is 0 Å². The number of nitrogens with zero attached hydrogens (tertiary/aromatic N) is 1. The van der Waals surface area contributed by atoms with Crippen molar-refractivity contribution in [3.05, 3.63) is 28.5 Å². The molecule has 1 unspecified atom stereocenters. The molecule has 1 atom stereocenters. The molecule has 1 aliphatic rings. The third-order valence-electron chi connectivity index (χ3n) is 3.37. The van der Waals surface area contributed by atoms with Crippen LogP contribution in [0.5, 0.6) is 0 Å². The highest BCUT2D eigenvalue weighted by Crippen LogP contribution is 2.33. The van der Waals surface area contributed by atoms with E-state index in [1.54, 1.807) is 0 Å². The summed E-state index contributed by atoms with van der Waals surface area (Å²) in [5.41, 5.74) is 3.98. The average molecular weight is 284 g/mol. The summed E-state index contributed by atoms with van der Waals surface area (Å²) in [5, 5.41) is 0. The maximum atomic E-state index is 5.67. The first-order valence-electron chi connectivity index (χ1n) is 5.89. The number of hydrogen-bond donors (Lipinski definition) is 2. The first kappa shape index (κ1) is 12.0. The minimum absolute atomic E-state index is 0.202. The van der Waals surface area contributed by atoms with Crippen molar-refractivity contribution in [3.63, 3.8) is 0 Å². The van der Waals surface area contributed by atoms with Crippen molar-refractivity contribution in [3.8, 4) is 0 Å². The normalized spacial score (nSPS) is 19.6. The van der Waals surface area contributed by atoms with E-state index in [1.807, 2.05) is 18.3 Å². The predicted molar refractivity (Wildman–Crippen MR) is 68.6 cm³/mol. The summed E-state index contributed by atoms with van der Waals surface area (Å²) in [6.07, 6.45) is 8.35. The van der Waals surface area contributed by atoms with Crippen molar-refractivity contribution < 1.29 is 0 Å². The minimum atomic E-state index is 0.202. The molecule has 16 heavy (non-hydrogen) atoms. The SMILES string of the molecule is NNC(c1ccc(Br)cn1)C1CCCCC1. The first-order valence-corrected chi connectivity index (χ1v) is 6.68. The van der Waals surface area contributed by atoms with E-state index < -0.39 is 0 Å². The van der Waals surface area contributed by atoms with Crippen LogP contribution in [0.4, 0.5) is 0 Å². The Morgan fingerprint density at radius 3 is 2.62 bits per heavy atom. The van der Waals surface area contributed by atoms with Gasteiger partial charge in [-0.25, -0.2) is 0 Å². The molecule has 0 aliphatic heterocycles. The molecule has 1 heterocycles. The summed E-state index contributed by atoms with van der Waals surface area (Å²) in [4.78, 5) is 4.44. The Labute approximate surface area is 105 Å². The fourth-order valence-corrected chi connectivity index (χ4v) is 2.74. The summed E-state index contributed by atoms with van der Waals surface area (Å²) >= 11 is 3.40. The highest BCUT2D eigenvalue weighted by atomic mass is 79.9. The fraction of sp³-hybridized carbons (Fsp3) is 0.583. The molecule has 0 radical (unpaired) electrons. The van der Waals surface area contributed by atoms with Crippen LogP contribution in [0.25, 0.3) is 0 Å². The van der Waals surface area contributed by atoms with Gasteiger partial charge < -0.3 is 0 Å². The highest BCUT2D eigenvalue weighted by Gasteiger charge is 2.24. The molecule has 2 rings (SSSR count). The second kappa shape index (κ2) is 5.75. The number of hydrogen-bond acceptors (Lipinski definition) is 3. The van der Waals surface area contributed by atoms with E-state index >= 15 is 0 Å². The van der Waals surface area contributed by atoms with Crippen LogP contribution in [0.15, 0.2) is 22.8 Å². The molecule has 0 spiro atoms. The second-order valence-corrected chi connectivity index (χ2v) is 5.36. The number of rotatable bonds is 3. The van der Waals surface area contributed by atoms with Crippen LogP contribution in [0.1, 0.15) is 43.8 Å². The third kappa shape index (κ3) is 2.81. The standard InChI is InChI=1S/C12H18BrN3/c13-10-6-7-11(15-8-10)12(16-14)9-4-2-1-3-5-9/h6-9,12,16H,1-5,14H2. The Bertz CT molecular complexity index is 320. The van der Waals surface area contributed by atoms with Crippen LogP contribution < -0.4 is 11.3 Å². The summed E-state index contributed by atoms with van der Waals surface area (Å²) in [7, 11) is 0. The molecule has 1 aliphatic carbocycles. The lowest BCUT2D eigenvalue weighted by atomic mass is 9.83. The summed E-state index contributed by atoms with van der Waals surface area (Å²) < 4.78 is 1.01. The van der Waals surface area contributed by atoms with E-state index in [-0.39, 0.29) is 6.04 Å². The van der Waals surface area contributed by atoms with Gasteiger partial charge in [-0.1, -0.05) is 19.3 Å². The van der Waals surface area contributed by atoms with Gasteiger partial charge >= 0.3 is 0 Å². The molecule has 0 amide bonds. The Morgan fingerprint density at radius 1 is 1.31 bits per heavy atom. The number of nitrogens with one attached hydrogen (secondary N) is 1. The van der Waals surface area contributed by atoms with Crippen molar-refractivity contribution in [1.29, 1.82) is 0 Å². The first-order chi connectivity index (χ1) is 7.81. The van der Waals surface area contributed by atoms with Gasteiger partial charge in [-0.2, -0.15) is 0 Å². The van der Waals surface area contributed by atoms with E-state index in [2.05, 4.69) is 26.3 Å². The molecule has 0 saturated heterocycles. The lowest BCUT2D eigenvalue weighted by Gasteiger charge is -2.29. The number of pyridine rings is 1. The van der Waals surface area contributed by atoms with Gasteiger partial charge in [0.2, 0.25) is 0 Å². The van der Waals surface area contributed by atoms with Crippen molar-refractivity contribution in [2.24, 2.45) is 11.8 Å². The molecule has 88 valence electrons. The quantitative estimate of drug-likeness (QED) is 0.663. The van der Waals surface area contributed by atoms with Crippen molar-refractivity contribution in [2.45, 2.75) is 38.1 Å². The Morgan fingerprint density at radius 2 is 2.06 bits per heavy atom. The van der Waals surface area contributed by atoms with E-state index in [0.29, 0.717) is 5.92 Å². The number of hydrazine groups is 1. The molecule has 1 fully saturated rings. The summed E-state index contributed by atoms with van der Waals surface area (Å²) in [6, 6.07) is 4.27. The van der Waals surface area contributed by atoms with Crippen molar-refractivity contribution >= 4 is 15.9 Å². The van der Waals surface area contributed by atoms with Crippen LogP contribution >= 0.6 is 15.9 Å². The van der Waals surface area contributed by atoms with E-state index in [4.69, 9.17) is 5.84 Å². The molecular formula is C12H18BrN3. The topological polar surface area (TPSA) is 50.9 Å². The van der Waals surface area contributed by atoms with Gasteiger partial charge in [0.1, 0.15) is 0 Å². The van der Waals surface area contributed by atoms with E-state index in [0.717, 1.165) is 10.2 Å². The fourth-order valence-electron chi connectivity index (χ4n) is 2.50. The molecular weight excluding hydrogens is 266 g/mol. The van der Waals surface area contributed by atoms with E-state index in [1.165, 1.54) is 32.1 Å².